The van der Waals surface area contributed by atoms with Crippen LogP contribution in [0.1, 0.15) is 51.7 Å². The molecular formula is C34H44N4O9. The Balaban J connectivity index is 1.35. The molecule has 13 heteroatoms. The number of carbonyl (C=O) groups excluding carboxylic acids is 5. The molecular weight excluding hydrogens is 608 g/mol. The van der Waals surface area contributed by atoms with E-state index in [-0.39, 0.29) is 45.2 Å². The highest BCUT2D eigenvalue weighted by Crippen LogP contribution is 2.22. The third-order valence-corrected chi connectivity index (χ3v) is 7.94. The zero-order valence-corrected chi connectivity index (χ0v) is 27.3. The fraction of sp³-hybridized carbons (Fsp3) is 0.500. The number of esters is 1. The van der Waals surface area contributed by atoms with Gasteiger partial charge in [0.1, 0.15) is 18.3 Å². The number of aliphatic hydroxyl groups excluding tert-OH is 1. The van der Waals surface area contributed by atoms with Crippen LogP contribution in [0.4, 0.5) is 14.4 Å². The Morgan fingerprint density at radius 1 is 0.872 bits per heavy atom. The van der Waals surface area contributed by atoms with Crippen LogP contribution in [0, 0.1) is 0 Å². The molecule has 47 heavy (non-hydrogen) atoms. The molecule has 0 saturated carbocycles. The number of nitrogens with one attached hydrogen (secondary N) is 1. The van der Waals surface area contributed by atoms with Crippen molar-refractivity contribution in [3.63, 3.8) is 0 Å². The first kappa shape index (κ1) is 35.2. The number of benzene rings is 2. The zero-order chi connectivity index (χ0) is 34.1. The van der Waals surface area contributed by atoms with Crippen LogP contribution >= 0.6 is 0 Å². The summed E-state index contributed by atoms with van der Waals surface area (Å²) in [6, 6.07) is 16.4. The van der Waals surface area contributed by atoms with Crippen molar-refractivity contribution in [2.24, 2.45) is 0 Å². The first-order chi connectivity index (χ1) is 22.3. The van der Waals surface area contributed by atoms with E-state index < -0.39 is 53.9 Å². The Labute approximate surface area is 274 Å². The third kappa shape index (κ3) is 10.2. The van der Waals surface area contributed by atoms with E-state index in [1.807, 2.05) is 60.7 Å². The van der Waals surface area contributed by atoms with Crippen LogP contribution < -0.4 is 5.32 Å². The number of aliphatic hydroxyl groups is 1. The number of likely N-dealkylation sites (tertiary alicyclic amines) is 1. The average Bonchev–Trinajstić information content (AvgIpc) is 3.41. The normalized spacial score (nSPS) is 20.3. The van der Waals surface area contributed by atoms with Crippen molar-refractivity contribution in [3.05, 3.63) is 71.8 Å². The van der Waals surface area contributed by atoms with E-state index in [1.165, 1.54) is 9.80 Å². The first-order valence-corrected chi connectivity index (χ1v) is 15.8. The van der Waals surface area contributed by atoms with Gasteiger partial charge in [0.25, 0.3) is 0 Å². The number of carbonyl (C=O) groups is 5. The van der Waals surface area contributed by atoms with E-state index in [1.54, 1.807) is 27.7 Å². The molecule has 1 unspecified atom stereocenters. The summed E-state index contributed by atoms with van der Waals surface area (Å²) in [4.78, 5) is 69.0. The van der Waals surface area contributed by atoms with E-state index in [0.717, 1.165) is 16.0 Å². The van der Waals surface area contributed by atoms with Gasteiger partial charge >= 0.3 is 24.2 Å². The molecule has 2 N–H and O–H groups in total. The lowest BCUT2D eigenvalue weighted by atomic mass is 10.1. The second-order valence-corrected chi connectivity index (χ2v) is 12.8. The van der Waals surface area contributed by atoms with Gasteiger partial charge in [0.2, 0.25) is 5.91 Å². The Kier molecular flexibility index (Phi) is 11.8. The number of amides is 4. The molecule has 4 amide bonds. The summed E-state index contributed by atoms with van der Waals surface area (Å²) in [6.45, 7) is 6.64. The molecule has 4 atom stereocenters. The molecule has 0 radical (unpaired) electrons. The number of rotatable bonds is 8. The fourth-order valence-electron chi connectivity index (χ4n) is 5.48. The Morgan fingerprint density at radius 2 is 1.51 bits per heavy atom. The topological polar surface area (TPSA) is 155 Å². The second kappa shape index (κ2) is 15.8. The van der Waals surface area contributed by atoms with Crippen LogP contribution in [0.2, 0.25) is 0 Å². The molecule has 254 valence electrons. The van der Waals surface area contributed by atoms with Crippen LogP contribution in [0.15, 0.2) is 60.7 Å². The molecule has 2 aromatic rings. The number of nitrogens with zero attached hydrogens (tertiary/aromatic N) is 3. The summed E-state index contributed by atoms with van der Waals surface area (Å²) < 4.78 is 16.2. The van der Waals surface area contributed by atoms with Crippen molar-refractivity contribution in [1.82, 2.24) is 20.0 Å². The van der Waals surface area contributed by atoms with Crippen molar-refractivity contribution >= 4 is 30.2 Å². The van der Waals surface area contributed by atoms with E-state index in [0.29, 0.717) is 12.8 Å². The lowest BCUT2D eigenvalue weighted by Crippen LogP contribution is -2.60. The Bertz CT molecular complexity index is 1400. The maximum atomic E-state index is 13.4. The van der Waals surface area contributed by atoms with Gasteiger partial charge in [0.05, 0.1) is 6.54 Å². The van der Waals surface area contributed by atoms with E-state index >= 15 is 0 Å². The number of ether oxygens (including phenoxy) is 3. The number of hydrogen-bond acceptors (Lipinski definition) is 9. The monoisotopic (exact) mass is 652 g/mol. The van der Waals surface area contributed by atoms with Crippen LogP contribution in [-0.4, -0.2) is 106 Å². The predicted octanol–water partition coefficient (Wildman–Crippen LogP) is 3.48. The molecule has 4 rings (SSSR count). The van der Waals surface area contributed by atoms with Crippen LogP contribution in [-0.2, 0) is 36.8 Å². The van der Waals surface area contributed by atoms with Gasteiger partial charge in [-0.2, -0.15) is 0 Å². The molecule has 0 aliphatic carbocycles. The van der Waals surface area contributed by atoms with E-state index in [9.17, 15) is 29.1 Å². The lowest BCUT2D eigenvalue weighted by molar-refractivity contribution is -0.146. The van der Waals surface area contributed by atoms with Gasteiger partial charge in [-0.1, -0.05) is 60.7 Å². The van der Waals surface area contributed by atoms with Crippen molar-refractivity contribution in [1.29, 1.82) is 0 Å². The largest absolute Gasteiger partial charge is 0.445 e. The lowest BCUT2D eigenvalue weighted by Gasteiger charge is -2.39. The molecule has 13 nitrogen and oxygen atoms in total. The van der Waals surface area contributed by atoms with Crippen LogP contribution in [0.25, 0.3) is 0 Å². The highest BCUT2D eigenvalue weighted by Gasteiger charge is 2.43. The van der Waals surface area contributed by atoms with Gasteiger partial charge in [0, 0.05) is 31.7 Å². The van der Waals surface area contributed by atoms with Crippen molar-refractivity contribution in [3.8, 4) is 0 Å². The summed E-state index contributed by atoms with van der Waals surface area (Å²) in [6.07, 6.45) is -2.48. The molecule has 2 aliphatic heterocycles. The summed E-state index contributed by atoms with van der Waals surface area (Å²) in [5.74, 6) is -1.57. The maximum Gasteiger partial charge on any atom is 0.417 e. The van der Waals surface area contributed by atoms with Gasteiger partial charge in [0.15, 0.2) is 6.04 Å². The number of piperazine rings is 1. The molecule has 2 aliphatic rings. The summed E-state index contributed by atoms with van der Waals surface area (Å²) in [7, 11) is 0. The van der Waals surface area contributed by atoms with Gasteiger partial charge in [-0.15, -0.1) is 0 Å². The average molecular weight is 653 g/mol. The third-order valence-electron chi connectivity index (χ3n) is 7.94. The van der Waals surface area contributed by atoms with E-state index in [2.05, 4.69) is 5.32 Å². The standard InChI is InChI=1S/C34H44N4O9/c1-23-19-26(35-29(40)28(39)16-15-24-11-7-5-8-12-24)20-38(23)32(43)46-30(41)27-21-36(17-18-37(27)33(44)47-34(2,3)4)31(42)45-22-25-13-9-6-10-14-25/h5-14,23,26-28,39H,15-22H2,1-4H3,(H,35,40)/t23-,26-,27?,28-/m1/s1. The molecule has 0 bridgehead atoms. The minimum Gasteiger partial charge on any atom is -0.445 e. The minimum absolute atomic E-state index is 0.0220. The van der Waals surface area contributed by atoms with Crippen molar-refractivity contribution in [2.45, 2.75) is 83.4 Å². The smallest absolute Gasteiger partial charge is 0.417 e. The molecule has 2 aromatic carbocycles. The van der Waals surface area contributed by atoms with Crippen molar-refractivity contribution in [2.75, 3.05) is 26.2 Å². The zero-order valence-electron chi connectivity index (χ0n) is 27.3. The summed E-state index contributed by atoms with van der Waals surface area (Å²) in [5, 5.41) is 13.2. The SMILES string of the molecule is C[C@@H]1C[C@@H](NC(=O)[C@H](O)CCc2ccccc2)CN1C(=O)OC(=O)C1CN(C(=O)OCc2ccccc2)CCN1C(=O)OC(C)(C)C. The van der Waals surface area contributed by atoms with E-state index in [4.69, 9.17) is 14.2 Å². The van der Waals surface area contributed by atoms with Gasteiger partial charge < -0.3 is 34.4 Å². The molecule has 0 aromatic heterocycles. The molecule has 2 saturated heterocycles. The van der Waals surface area contributed by atoms with Gasteiger partial charge in [-0.25, -0.2) is 19.2 Å². The maximum absolute atomic E-state index is 13.4. The highest BCUT2D eigenvalue weighted by atomic mass is 16.6. The highest BCUT2D eigenvalue weighted by molar-refractivity contribution is 5.91. The van der Waals surface area contributed by atoms with Crippen molar-refractivity contribution < 1.29 is 43.3 Å². The first-order valence-electron chi connectivity index (χ1n) is 15.8. The summed E-state index contributed by atoms with van der Waals surface area (Å²) >= 11 is 0. The van der Waals surface area contributed by atoms with Gasteiger partial charge in [-0.05, 0) is 58.1 Å². The molecule has 2 fully saturated rings. The number of hydrogen-bond donors (Lipinski definition) is 2. The summed E-state index contributed by atoms with van der Waals surface area (Å²) in [5.41, 5.74) is 0.931. The van der Waals surface area contributed by atoms with Gasteiger partial charge in [-0.3, -0.25) is 9.69 Å². The predicted molar refractivity (Wildman–Crippen MR) is 170 cm³/mol. The number of aryl methyl sites for hydroxylation is 1. The quantitative estimate of drug-likeness (QED) is 0.248. The minimum atomic E-state index is -1.33. The molecule has 2 heterocycles. The Morgan fingerprint density at radius 3 is 2.15 bits per heavy atom. The fourth-order valence-corrected chi connectivity index (χ4v) is 5.48. The van der Waals surface area contributed by atoms with Crippen LogP contribution in [0.3, 0.4) is 0 Å². The van der Waals surface area contributed by atoms with Crippen LogP contribution in [0.5, 0.6) is 0 Å². The Hall–Kier alpha value is -4.65. The molecule has 0 spiro atoms. The second-order valence-electron chi connectivity index (χ2n) is 12.8.